The van der Waals surface area contributed by atoms with Crippen molar-refractivity contribution < 1.29 is 14.3 Å². The minimum Gasteiger partial charge on any atom is -0.494 e. The summed E-state index contributed by atoms with van der Waals surface area (Å²) in [7, 11) is 0. The number of hydrazone groups is 1. The van der Waals surface area contributed by atoms with Crippen LogP contribution in [0.4, 0.5) is 0 Å². The fourth-order valence-corrected chi connectivity index (χ4v) is 4.73. The normalized spacial score (nSPS) is 14.4. The lowest BCUT2D eigenvalue weighted by Crippen LogP contribution is -2.35. The summed E-state index contributed by atoms with van der Waals surface area (Å²) in [5, 5.41) is 6.37. The van der Waals surface area contributed by atoms with Crippen LogP contribution < -0.4 is 27.2 Å². The summed E-state index contributed by atoms with van der Waals surface area (Å²) in [5.74, 6) is 6.09. The monoisotopic (exact) mass is 641 g/mol. The van der Waals surface area contributed by atoms with Gasteiger partial charge in [-0.3, -0.25) is 14.5 Å². The Hall–Kier alpha value is -4.62. The molecule has 10 heteroatoms. The molecule has 0 fully saturated rings. The Bertz CT molecular complexity index is 1560. The number of ether oxygens (including phenoxy) is 1. The third-order valence-corrected chi connectivity index (χ3v) is 7.37. The fraction of sp³-hybridized carbons (Fsp3) is 0.459. The van der Waals surface area contributed by atoms with Gasteiger partial charge in [0.1, 0.15) is 17.3 Å². The van der Waals surface area contributed by atoms with Gasteiger partial charge in [-0.15, -0.1) is 0 Å². The summed E-state index contributed by atoms with van der Waals surface area (Å²) in [4.78, 5) is 33.7. The van der Waals surface area contributed by atoms with Gasteiger partial charge < -0.3 is 15.8 Å². The molecular formula is C37H51N7O3. The lowest BCUT2D eigenvalue weighted by molar-refractivity contribution is -0.123. The SMILES string of the molecule is CC(C)C=C=C=C1N=C(c2cccc(OCCC(C)(C)C)c2)C(=O)N1[C@H](CCC(C)(C)C)c1ccc(C(=O)NC/C(N)=N/NN)cc1. The van der Waals surface area contributed by atoms with Gasteiger partial charge in [0.15, 0.2) is 5.82 Å². The summed E-state index contributed by atoms with van der Waals surface area (Å²) >= 11 is 0. The highest BCUT2D eigenvalue weighted by Crippen LogP contribution is 2.37. The van der Waals surface area contributed by atoms with Crippen molar-refractivity contribution in [1.82, 2.24) is 15.8 Å². The summed E-state index contributed by atoms with van der Waals surface area (Å²) in [6.07, 6.45) is 4.29. The van der Waals surface area contributed by atoms with Crippen LogP contribution in [0.1, 0.15) is 102 Å². The Labute approximate surface area is 279 Å². The molecule has 2 aromatic carbocycles. The van der Waals surface area contributed by atoms with Crippen LogP contribution in [-0.2, 0) is 4.79 Å². The van der Waals surface area contributed by atoms with E-state index in [1.54, 1.807) is 17.0 Å². The molecule has 1 heterocycles. The van der Waals surface area contributed by atoms with Crippen molar-refractivity contribution in [2.24, 2.45) is 38.4 Å². The molecule has 0 bridgehead atoms. The number of amidine groups is 1. The second-order valence-corrected chi connectivity index (χ2v) is 14.5. The number of nitrogens with zero attached hydrogens (tertiary/aromatic N) is 3. The van der Waals surface area contributed by atoms with E-state index < -0.39 is 0 Å². The van der Waals surface area contributed by atoms with Gasteiger partial charge in [0.05, 0.1) is 19.2 Å². The predicted molar refractivity (Wildman–Crippen MR) is 188 cm³/mol. The first-order chi connectivity index (χ1) is 22.1. The molecule has 6 N–H and O–H groups in total. The van der Waals surface area contributed by atoms with Crippen molar-refractivity contribution >= 4 is 23.4 Å². The molecule has 0 radical (unpaired) electrons. The number of nitrogens with two attached hydrogens (primary N) is 2. The van der Waals surface area contributed by atoms with E-state index in [2.05, 4.69) is 82.8 Å². The molecular weight excluding hydrogens is 590 g/mol. The van der Waals surface area contributed by atoms with Gasteiger partial charge in [-0.25, -0.2) is 16.4 Å². The maximum absolute atomic E-state index is 14.3. The molecule has 2 amide bonds. The van der Waals surface area contributed by atoms with Crippen LogP contribution in [0.2, 0.25) is 0 Å². The summed E-state index contributed by atoms with van der Waals surface area (Å²) < 4.78 is 6.05. The highest BCUT2D eigenvalue weighted by Gasteiger charge is 2.38. The molecule has 10 nitrogen and oxygen atoms in total. The summed E-state index contributed by atoms with van der Waals surface area (Å²) in [6, 6.07) is 14.4. The molecule has 1 aliphatic heterocycles. The lowest BCUT2D eigenvalue weighted by atomic mass is 9.86. The molecule has 0 aromatic heterocycles. The molecule has 0 unspecified atom stereocenters. The molecule has 0 saturated heterocycles. The van der Waals surface area contributed by atoms with Gasteiger partial charge in [0.25, 0.3) is 11.8 Å². The van der Waals surface area contributed by atoms with Crippen LogP contribution in [0.3, 0.4) is 0 Å². The van der Waals surface area contributed by atoms with E-state index in [0.717, 1.165) is 18.4 Å². The summed E-state index contributed by atoms with van der Waals surface area (Å²) in [5.41, 5.74) is 16.6. The standard InChI is InChI=1S/C37H51N7O3/c1-25(2)11-9-14-32-41-33(28-12-10-13-29(23-28)47-22-21-37(6,7)8)35(46)44(32)30(19-20-36(3,4)5)26-15-17-27(18-16-26)34(45)40-24-31(38)42-43-39/h10-13,15-18,23,25,30,43H,19-22,24,39H2,1-8H3,(H2,38,42)(H,40,45)/t30-/m1/s1. The average molecular weight is 642 g/mol. The van der Waals surface area contributed by atoms with Gasteiger partial charge in [0, 0.05) is 11.1 Å². The second-order valence-electron chi connectivity index (χ2n) is 14.5. The molecule has 0 aliphatic carbocycles. The first-order valence-corrected chi connectivity index (χ1v) is 16.1. The number of nitrogens with one attached hydrogen (secondary N) is 2. The van der Waals surface area contributed by atoms with Gasteiger partial charge >= 0.3 is 0 Å². The zero-order valence-corrected chi connectivity index (χ0v) is 29.1. The lowest BCUT2D eigenvalue weighted by Gasteiger charge is -2.30. The predicted octanol–water partition coefficient (Wildman–Crippen LogP) is 5.97. The molecule has 1 aliphatic rings. The number of amides is 2. The van der Waals surface area contributed by atoms with Gasteiger partial charge in [-0.1, -0.05) is 85.4 Å². The van der Waals surface area contributed by atoms with Crippen molar-refractivity contribution in [2.45, 2.75) is 80.7 Å². The minimum absolute atomic E-state index is 0.0143. The average Bonchev–Trinajstić information content (AvgIpc) is 3.30. The van der Waals surface area contributed by atoms with Gasteiger partial charge in [-0.2, -0.15) is 5.10 Å². The van der Waals surface area contributed by atoms with E-state index in [4.69, 9.17) is 21.3 Å². The number of carbonyl (C=O) groups excluding carboxylic acids is 2. The van der Waals surface area contributed by atoms with E-state index in [-0.39, 0.29) is 47.0 Å². The van der Waals surface area contributed by atoms with E-state index in [0.29, 0.717) is 41.4 Å². The number of allylic oxidation sites excluding steroid dienone is 1. The Morgan fingerprint density at radius 3 is 2.36 bits per heavy atom. The van der Waals surface area contributed by atoms with E-state index in [1.807, 2.05) is 42.5 Å². The molecule has 2 aromatic rings. The topological polar surface area (TPSA) is 147 Å². The van der Waals surface area contributed by atoms with Crippen LogP contribution >= 0.6 is 0 Å². The Morgan fingerprint density at radius 1 is 1.06 bits per heavy atom. The molecule has 3 rings (SSSR count). The van der Waals surface area contributed by atoms with E-state index >= 15 is 0 Å². The zero-order chi connectivity index (χ0) is 34.8. The third kappa shape index (κ3) is 11.6. The van der Waals surface area contributed by atoms with Crippen molar-refractivity contribution in [2.75, 3.05) is 13.2 Å². The zero-order valence-electron chi connectivity index (χ0n) is 29.1. The van der Waals surface area contributed by atoms with E-state index in [1.165, 1.54) is 0 Å². The van der Waals surface area contributed by atoms with Crippen molar-refractivity contribution in [3.8, 4) is 5.75 Å². The van der Waals surface area contributed by atoms with E-state index in [9.17, 15) is 9.59 Å². The van der Waals surface area contributed by atoms with Crippen LogP contribution in [0.5, 0.6) is 5.75 Å². The Morgan fingerprint density at radius 2 is 1.74 bits per heavy atom. The highest BCUT2D eigenvalue weighted by molar-refractivity contribution is 6.47. The highest BCUT2D eigenvalue weighted by atomic mass is 16.5. The number of benzene rings is 2. The molecule has 1 atom stereocenters. The van der Waals surface area contributed by atoms with Gasteiger partial charge in [0.2, 0.25) is 0 Å². The van der Waals surface area contributed by atoms with Crippen LogP contribution in [0, 0.1) is 16.7 Å². The Kier molecular flexibility index (Phi) is 12.8. The van der Waals surface area contributed by atoms with Crippen molar-refractivity contribution in [1.29, 1.82) is 0 Å². The molecule has 0 spiro atoms. The fourth-order valence-electron chi connectivity index (χ4n) is 4.73. The molecule has 0 saturated carbocycles. The van der Waals surface area contributed by atoms with Crippen molar-refractivity contribution in [3.63, 3.8) is 0 Å². The van der Waals surface area contributed by atoms with Crippen LogP contribution in [0.15, 0.2) is 82.0 Å². The Balaban J connectivity index is 2.01. The third-order valence-electron chi connectivity index (χ3n) is 7.37. The maximum Gasteiger partial charge on any atom is 0.279 e. The number of aliphatic imine (C=N–C) groups is 1. The van der Waals surface area contributed by atoms with Crippen LogP contribution in [0.25, 0.3) is 0 Å². The maximum atomic E-state index is 14.3. The van der Waals surface area contributed by atoms with Gasteiger partial charge in [-0.05, 0) is 77.6 Å². The quantitative estimate of drug-likeness (QED) is 0.0696. The minimum atomic E-state index is -0.368. The number of hydrogen-bond acceptors (Lipinski definition) is 7. The van der Waals surface area contributed by atoms with Crippen LogP contribution in [-0.4, -0.2) is 41.4 Å². The number of hydrazine groups is 1. The second kappa shape index (κ2) is 16.3. The number of carbonyl (C=O) groups is 2. The smallest absolute Gasteiger partial charge is 0.279 e. The number of hydrogen-bond donors (Lipinski definition) is 4. The molecule has 252 valence electrons. The van der Waals surface area contributed by atoms with Crippen molar-refractivity contribution in [3.05, 3.63) is 88.6 Å². The summed E-state index contributed by atoms with van der Waals surface area (Å²) in [6.45, 7) is 17.8. The number of rotatable bonds is 13. The first kappa shape index (κ1) is 36.8. The first-order valence-electron chi connectivity index (χ1n) is 16.1. The molecule has 47 heavy (non-hydrogen) atoms. The largest absolute Gasteiger partial charge is 0.494 e.